The van der Waals surface area contributed by atoms with E-state index >= 15 is 0 Å². The van der Waals surface area contributed by atoms with Gasteiger partial charge in [-0.3, -0.25) is 0 Å². The van der Waals surface area contributed by atoms with E-state index in [1.165, 1.54) is 0 Å². The predicted octanol–water partition coefficient (Wildman–Crippen LogP) is -0.663. The highest BCUT2D eigenvalue weighted by Crippen LogP contribution is 2.34. The smallest absolute Gasteiger partial charge is 0.0337 e. The van der Waals surface area contributed by atoms with Gasteiger partial charge >= 0.3 is 0 Å². The molecule has 0 aromatic heterocycles. The van der Waals surface area contributed by atoms with Crippen LogP contribution >= 0.6 is 0 Å². The summed E-state index contributed by atoms with van der Waals surface area (Å²) in [5.74, 6) is 0. The summed E-state index contributed by atoms with van der Waals surface area (Å²) in [6, 6.07) is 0. The SMILES string of the molecule is NCCCC(N)(CCCN)C(N)(CCCN)CCCN. The summed E-state index contributed by atoms with van der Waals surface area (Å²) in [5, 5.41) is 0. The zero-order valence-electron chi connectivity index (χ0n) is 12.9. The molecule has 20 heavy (non-hydrogen) atoms. The molecule has 0 radical (unpaired) electrons. The predicted molar refractivity (Wildman–Crippen MR) is 87.0 cm³/mol. The normalized spacial score (nSPS) is 12.9. The Bertz CT molecular complexity index is 194. The van der Waals surface area contributed by atoms with Crippen LogP contribution in [0.5, 0.6) is 0 Å². The molecule has 0 saturated heterocycles. The summed E-state index contributed by atoms with van der Waals surface area (Å²) < 4.78 is 0. The van der Waals surface area contributed by atoms with Crippen LogP contribution in [0.25, 0.3) is 0 Å². The van der Waals surface area contributed by atoms with E-state index < -0.39 is 11.1 Å². The molecule has 0 bridgehead atoms. The highest BCUT2D eigenvalue weighted by molar-refractivity contribution is 5.07. The second kappa shape index (κ2) is 10.5. The first-order valence-electron chi connectivity index (χ1n) is 7.87. The molecule has 122 valence electrons. The monoisotopic (exact) mass is 288 g/mol. The Morgan fingerprint density at radius 2 is 0.650 bits per heavy atom. The molecule has 12 N–H and O–H groups in total. The lowest BCUT2D eigenvalue weighted by molar-refractivity contribution is 0.156. The molecular formula is C14H36N6. The Morgan fingerprint density at radius 3 is 0.800 bits per heavy atom. The maximum Gasteiger partial charge on any atom is 0.0337 e. The van der Waals surface area contributed by atoms with Crippen molar-refractivity contribution in [3.63, 3.8) is 0 Å². The number of rotatable bonds is 13. The second-order valence-corrected chi connectivity index (χ2v) is 5.88. The lowest BCUT2D eigenvalue weighted by atomic mass is 9.67. The van der Waals surface area contributed by atoms with Crippen LogP contribution in [0.1, 0.15) is 51.4 Å². The molecule has 0 fully saturated rings. The van der Waals surface area contributed by atoms with E-state index in [0.717, 1.165) is 51.4 Å². The molecule has 0 aromatic rings. The van der Waals surface area contributed by atoms with Gasteiger partial charge in [0, 0.05) is 11.1 Å². The van der Waals surface area contributed by atoms with Gasteiger partial charge in [0.1, 0.15) is 0 Å². The third-order valence-corrected chi connectivity index (χ3v) is 4.30. The van der Waals surface area contributed by atoms with Crippen molar-refractivity contribution in [2.75, 3.05) is 26.2 Å². The Kier molecular flexibility index (Phi) is 10.4. The van der Waals surface area contributed by atoms with E-state index in [-0.39, 0.29) is 0 Å². The van der Waals surface area contributed by atoms with Crippen molar-refractivity contribution in [1.82, 2.24) is 0 Å². The van der Waals surface area contributed by atoms with Gasteiger partial charge in [0.15, 0.2) is 0 Å². The van der Waals surface area contributed by atoms with Crippen LogP contribution in [0.3, 0.4) is 0 Å². The van der Waals surface area contributed by atoms with Gasteiger partial charge in [0.05, 0.1) is 0 Å². The first-order chi connectivity index (χ1) is 9.49. The molecule has 0 atom stereocenters. The highest BCUT2D eigenvalue weighted by atomic mass is 14.9. The highest BCUT2D eigenvalue weighted by Gasteiger charge is 2.43. The zero-order chi connectivity index (χ0) is 15.5. The summed E-state index contributed by atoms with van der Waals surface area (Å²) in [5.41, 5.74) is 35.1. The van der Waals surface area contributed by atoms with Gasteiger partial charge in [0.2, 0.25) is 0 Å². The van der Waals surface area contributed by atoms with Crippen LogP contribution in [0.2, 0.25) is 0 Å². The maximum absolute atomic E-state index is 6.71. The summed E-state index contributed by atoms with van der Waals surface area (Å²) in [6.07, 6.45) is 6.83. The third kappa shape index (κ3) is 6.03. The molecule has 0 unspecified atom stereocenters. The van der Waals surface area contributed by atoms with Crippen molar-refractivity contribution in [1.29, 1.82) is 0 Å². The maximum atomic E-state index is 6.71. The molecule has 0 amide bonds. The molecule has 0 aliphatic rings. The minimum atomic E-state index is -0.434. The van der Waals surface area contributed by atoms with Crippen LogP contribution < -0.4 is 34.4 Å². The van der Waals surface area contributed by atoms with Crippen molar-refractivity contribution in [2.45, 2.75) is 62.4 Å². The first-order valence-corrected chi connectivity index (χ1v) is 7.87. The minimum Gasteiger partial charge on any atom is -0.330 e. The third-order valence-electron chi connectivity index (χ3n) is 4.30. The molecule has 0 aliphatic carbocycles. The fraction of sp³-hybridized carbons (Fsp3) is 1.00. The standard InChI is InChI=1S/C14H36N6/c15-9-1-5-13(19,6-2-10-16)14(20,7-3-11-17)8-4-12-18/h1-12,15-20H2. The Morgan fingerprint density at radius 1 is 0.450 bits per heavy atom. The molecule has 0 saturated carbocycles. The topological polar surface area (TPSA) is 156 Å². The Labute approximate surface area is 124 Å². The lowest BCUT2D eigenvalue weighted by Gasteiger charge is -2.47. The van der Waals surface area contributed by atoms with Gasteiger partial charge in [-0.2, -0.15) is 0 Å². The van der Waals surface area contributed by atoms with Gasteiger partial charge in [-0.05, 0) is 77.5 Å². The van der Waals surface area contributed by atoms with E-state index in [2.05, 4.69) is 0 Å². The Hall–Kier alpha value is -0.240. The van der Waals surface area contributed by atoms with Gasteiger partial charge in [-0.25, -0.2) is 0 Å². The van der Waals surface area contributed by atoms with Crippen LogP contribution in [0.4, 0.5) is 0 Å². The lowest BCUT2D eigenvalue weighted by Crippen LogP contribution is -2.66. The molecule has 0 aromatic carbocycles. The first kappa shape index (κ1) is 19.8. The molecule has 0 spiro atoms. The number of hydrogen-bond acceptors (Lipinski definition) is 6. The van der Waals surface area contributed by atoms with Gasteiger partial charge < -0.3 is 34.4 Å². The van der Waals surface area contributed by atoms with E-state index in [4.69, 9.17) is 34.4 Å². The van der Waals surface area contributed by atoms with Crippen molar-refractivity contribution >= 4 is 0 Å². The van der Waals surface area contributed by atoms with E-state index in [0.29, 0.717) is 26.2 Å². The van der Waals surface area contributed by atoms with Crippen molar-refractivity contribution in [3.8, 4) is 0 Å². The molecule has 0 heterocycles. The van der Waals surface area contributed by atoms with Crippen LogP contribution in [-0.4, -0.2) is 37.3 Å². The van der Waals surface area contributed by atoms with Crippen molar-refractivity contribution < 1.29 is 0 Å². The average molecular weight is 288 g/mol. The van der Waals surface area contributed by atoms with Crippen LogP contribution in [-0.2, 0) is 0 Å². The number of hydrogen-bond donors (Lipinski definition) is 6. The van der Waals surface area contributed by atoms with Gasteiger partial charge in [-0.15, -0.1) is 0 Å². The summed E-state index contributed by atoms with van der Waals surface area (Å²) >= 11 is 0. The Balaban J connectivity index is 5.02. The fourth-order valence-electron chi connectivity index (χ4n) is 2.92. The van der Waals surface area contributed by atoms with Crippen molar-refractivity contribution in [2.24, 2.45) is 34.4 Å². The van der Waals surface area contributed by atoms with Crippen molar-refractivity contribution in [3.05, 3.63) is 0 Å². The largest absolute Gasteiger partial charge is 0.330 e. The molecule has 6 nitrogen and oxygen atoms in total. The molecular weight excluding hydrogens is 252 g/mol. The molecule has 0 aliphatic heterocycles. The number of nitrogens with two attached hydrogens (primary N) is 6. The summed E-state index contributed by atoms with van der Waals surface area (Å²) in [7, 11) is 0. The van der Waals surface area contributed by atoms with Gasteiger partial charge in [-0.1, -0.05) is 0 Å². The van der Waals surface area contributed by atoms with Gasteiger partial charge in [0.25, 0.3) is 0 Å². The molecule has 0 rings (SSSR count). The second-order valence-electron chi connectivity index (χ2n) is 5.88. The van der Waals surface area contributed by atoms with E-state index in [1.807, 2.05) is 0 Å². The molecule has 6 heteroatoms. The summed E-state index contributed by atoms with van der Waals surface area (Å²) in [6.45, 7) is 2.52. The minimum absolute atomic E-state index is 0.434. The van der Waals surface area contributed by atoms with Crippen LogP contribution in [0.15, 0.2) is 0 Å². The van der Waals surface area contributed by atoms with Crippen LogP contribution in [0, 0.1) is 0 Å². The summed E-state index contributed by atoms with van der Waals surface area (Å²) in [4.78, 5) is 0. The zero-order valence-corrected chi connectivity index (χ0v) is 12.9. The van der Waals surface area contributed by atoms with E-state index in [1.54, 1.807) is 0 Å². The van der Waals surface area contributed by atoms with E-state index in [9.17, 15) is 0 Å². The average Bonchev–Trinajstić information content (AvgIpc) is 2.46. The quantitative estimate of drug-likeness (QED) is 0.264. The fourth-order valence-corrected chi connectivity index (χ4v) is 2.92.